The number of nitrogens with zero attached hydrogens (tertiary/aromatic N) is 1. The Morgan fingerprint density at radius 3 is 2.32 bits per heavy atom. The van der Waals surface area contributed by atoms with Crippen molar-refractivity contribution in [1.82, 2.24) is 10.2 Å². The van der Waals surface area contributed by atoms with Crippen molar-refractivity contribution in [3.63, 3.8) is 0 Å². The van der Waals surface area contributed by atoms with Crippen molar-refractivity contribution < 1.29 is 14.3 Å². The first-order chi connectivity index (χ1) is 10.6. The number of amides is 2. The third-order valence-electron chi connectivity index (χ3n) is 3.30. The maximum absolute atomic E-state index is 11.9. The number of ether oxygens (including phenoxy) is 1. The second kappa shape index (κ2) is 9.78. The van der Waals surface area contributed by atoms with Crippen LogP contribution in [-0.2, 0) is 9.53 Å². The van der Waals surface area contributed by atoms with E-state index >= 15 is 0 Å². The van der Waals surface area contributed by atoms with Gasteiger partial charge in [-0.1, -0.05) is 0 Å². The van der Waals surface area contributed by atoms with E-state index in [-0.39, 0.29) is 18.4 Å². The molecule has 0 spiro atoms. The van der Waals surface area contributed by atoms with Crippen LogP contribution < -0.4 is 10.6 Å². The zero-order valence-corrected chi connectivity index (χ0v) is 13.5. The summed E-state index contributed by atoms with van der Waals surface area (Å²) in [6, 6.07) is 7.04. The predicted molar refractivity (Wildman–Crippen MR) is 87.1 cm³/mol. The van der Waals surface area contributed by atoms with Crippen LogP contribution in [0.4, 0.5) is 5.69 Å². The average Bonchev–Trinajstić information content (AvgIpc) is 2.54. The van der Waals surface area contributed by atoms with Crippen LogP contribution >= 0.6 is 0 Å². The van der Waals surface area contributed by atoms with Crippen LogP contribution in [0.1, 0.15) is 24.2 Å². The average molecular weight is 307 g/mol. The summed E-state index contributed by atoms with van der Waals surface area (Å²) in [6.07, 6.45) is 0. The van der Waals surface area contributed by atoms with Gasteiger partial charge in [0.05, 0.1) is 13.2 Å². The minimum atomic E-state index is -0.136. The molecule has 0 saturated heterocycles. The lowest BCUT2D eigenvalue weighted by molar-refractivity contribution is -0.128. The number of hydrogen-bond donors (Lipinski definition) is 2. The van der Waals surface area contributed by atoms with Crippen LogP contribution in [0.15, 0.2) is 24.3 Å². The highest BCUT2D eigenvalue weighted by Crippen LogP contribution is 2.09. The molecule has 0 aliphatic rings. The highest BCUT2D eigenvalue weighted by molar-refractivity contribution is 5.94. The molecule has 0 atom stereocenters. The standard InChI is InChI=1S/C16H25N3O3/c1-4-19(5-2)15(20)12-18-14-8-6-13(7-9-14)16(21)17-10-11-22-3/h6-9,18H,4-5,10-12H2,1-3H3,(H,17,21). The molecule has 1 rings (SSSR count). The van der Waals surface area contributed by atoms with E-state index in [1.807, 2.05) is 13.8 Å². The normalized spacial score (nSPS) is 10.1. The molecule has 0 fully saturated rings. The van der Waals surface area contributed by atoms with Gasteiger partial charge in [0.2, 0.25) is 5.91 Å². The fourth-order valence-corrected chi connectivity index (χ4v) is 1.97. The second-order valence-electron chi connectivity index (χ2n) is 4.75. The summed E-state index contributed by atoms with van der Waals surface area (Å²) < 4.78 is 4.88. The minimum absolute atomic E-state index is 0.0615. The molecular formula is C16H25N3O3. The topological polar surface area (TPSA) is 70.7 Å². The summed E-state index contributed by atoms with van der Waals surface area (Å²) in [5.41, 5.74) is 1.39. The van der Waals surface area contributed by atoms with E-state index in [1.54, 1.807) is 36.3 Å². The Bertz CT molecular complexity index is 470. The number of likely N-dealkylation sites (N-methyl/N-ethyl adjacent to an activating group) is 1. The summed E-state index contributed by atoms with van der Waals surface area (Å²) in [7, 11) is 1.59. The van der Waals surface area contributed by atoms with Crippen molar-refractivity contribution >= 4 is 17.5 Å². The van der Waals surface area contributed by atoms with Crippen LogP contribution in [0, 0.1) is 0 Å². The Kier molecular flexibility index (Phi) is 7.99. The molecule has 0 radical (unpaired) electrons. The highest BCUT2D eigenvalue weighted by atomic mass is 16.5. The lowest BCUT2D eigenvalue weighted by Gasteiger charge is -2.19. The van der Waals surface area contributed by atoms with Crippen molar-refractivity contribution in [2.24, 2.45) is 0 Å². The molecule has 22 heavy (non-hydrogen) atoms. The Morgan fingerprint density at radius 2 is 1.77 bits per heavy atom. The van der Waals surface area contributed by atoms with Crippen LogP contribution in [0.5, 0.6) is 0 Å². The molecule has 1 aromatic rings. The summed E-state index contributed by atoms with van der Waals surface area (Å²) in [5.74, 6) is -0.0748. The monoisotopic (exact) mass is 307 g/mol. The molecule has 2 amide bonds. The molecule has 0 unspecified atom stereocenters. The first kappa shape index (κ1) is 18.0. The van der Waals surface area contributed by atoms with Gasteiger partial charge in [0.15, 0.2) is 0 Å². The third-order valence-corrected chi connectivity index (χ3v) is 3.30. The number of benzene rings is 1. The van der Waals surface area contributed by atoms with Crippen LogP contribution in [0.25, 0.3) is 0 Å². The molecule has 6 nitrogen and oxygen atoms in total. The summed E-state index contributed by atoms with van der Waals surface area (Å²) in [5, 5.41) is 5.82. The van der Waals surface area contributed by atoms with Gasteiger partial charge >= 0.3 is 0 Å². The maximum Gasteiger partial charge on any atom is 0.251 e. The van der Waals surface area contributed by atoms with E-state index < -0.39 is 0 Å². The number of carbonyl (C=O) groups is 2. The Hall–Kier alpha value is -2.08. The van der Waals surface area contributed by atoms with E-state index in [1.165, 1.54) is 0 Å². The predicted octanol–water partition coefficient (Wildman–Crippen LogP) is 1.34. The second-order valence-corrected chi connectivity index (χ2v) is 4.75. The molecule has 6 heteroatoms. The van der Waals surface area contributed by atoms with Crippen LogP contribution in [0.2, 0.25) is 0 Å². The maximum atomic E-state index is 11.9. The van der Waals surface area contributed by atoms with Gasteiger partial charge in [-0.25, -0.2) is 0 Å². The highest BCUT2D eigenvalue weighted by Gasteiger charge is 2.09. The smallest absolute Gasteiger partial charge is 0.251 e. The number of hydrogen-bond acceptors (Lipinski definition) is 4. The SMILES string of the molecule is CCN(CC)C(=O)CNc1ccc(C(=O)NCCOC)cc1. The van der Waals surface area contributed by atoms with E-state index in [4.69, 9.17) is 4.74 Å². The fraction of sp³-hybridized carbons (Fsp3) is 0.500. The third kappa shape index (κ3) is 5.73. The van der Waals surface area contributed by atoms with Gasteiger partial charge in [0.25, 0.3) is 5.91 Å². The van der Waals surface area contributed by atoms with Gasteiger partial charge in [-0.3, -0.25) is 9.59 Å². The summed E-state index contributed by atoms with van der Waals surface area (Å²) in [6.45, 7) is 6.54. The van der Waals surface area contributed by atoms with E-state index in [9.17, 15) is 9.59 Å². The van der Waals surface area contributed by atoms with Crippen molar-refractivity contribution in [3.8, 4) is 0 Å². The number of anilines is 1. The molecule has 0 aliphatic heterocycles. The van der Waals surface area contributed by atoms with Crippen molar-refractivity contribution in [3.05, 3.63) is 29.8 Å². The van der Waals surface area contributed by atoms with Gasteiger partial charge in [0.1, 0.15) is 0 Å². The van der Waals surface area contributed by atoms with E-state index in [0.717, 1.165) is 5.69 Å². The van der Waals surface area contributed by atoms with E-state index in [0.29, 0.717) is 31.8 Å². The zero-order chi connectivity index (χ0) is 16.4. The van der Waals surface area contributed by atoms with Crippen LogP contribution in [0.3, 0.4) is 0 Å². The summed E-state index contributed by atoms with van der Waals surface area (Å²) in [4.78, 5) is 25.5. The summed E-state index contributed by atoms with van der Waals surface area (Å²) >= 11 is 0. The molecule has 0 heterocycles. The van der Waals surface area contributed by atoms with Crippen molar-refractivity contribution in [1.29, 1.82) is 0 Å². The van der Waals surface area contributed by atoms with E-state index in [2.05, 4.69) is 10.6 Å². The molecular weight excluding hydrogens is 282 g/mol. The first-order valence-corrected chi connectivity index (χ1v) is 7.51. The quantitative estimate of drug-likeness (QED) is 0.676. The van der Waals surface area contributed by atoms with Gasteiger partial charge in [-0.2, -0.15) is 0 Å². The molecule has 1 aromatic carbocycles. The first-order valence-electron chi connectivity index (χ1n) is 7.51. The fourth-order valence-electron chi connectivity index (χ4n) is 1.97. The van der Waals surface area contributed by atoms with Crippen molar-refractivity contribution in [2.45, 2.75) is 13.8 Å². The van der Waals surface area contributed by atoms with Gasteiger partial charge in [0, 0.05) is 38.0 Å². The molecule has 0 aliphatic carbocycles. The van der Waals surface area contributed by atoms with Gasteiger partial charge in [-0.05, 0) is 38.1 Å². The Morgan fingerprint density at radius 1 is 1.14 bits per heavy atom. The largest absolute Gasteiger partial charge is 0.383 e. The Labute approximate surface area is 131 Å². The lowest BCUT2D eigenvalue weighted by atomic mass is 10.2. The molecule has 0 bridgehead atoms. The minimum Gasteiger partial charge on any atom is -0.383 e. The number of rotatable bonds is 9. The molecule has 0 saturated carbocycles. The Balaban J connectivity index is 2.48. The molecule has 0 aromatic heterocycles. The van der Waals surface area contributed by atoms with Gasteiger partial charge < -0.3 is 20.3 Å². The van der Waals surface area contributed by atoms with Gasteiger partial charge in [-0.15, -0.1) is 0 Å². The van der Waals surface area contributed by atoms with Crippen LogP contribution in [-0.4, -0.2) is 56.6 Å². The lowest BCUT2D eigenvalue weighted by Crippen LogP contribution is -2.35. The molecule has 2 N–H and O–H groups in total. The number of nitrogens with one attached hydrogen (secondary N) is 2. The zero-order valence-electron chi connectivity index (χ0n) is 13.5. The number of carbonyl (C=O) groups excluding carboxylic acids is 2. The number of methoxy groups -OCH3 is 1. The molecule has 122 valence electrons. The van der Waals surface area contributed by atoms with Crippen molar-refractivity contribution in [2.75, 3.05) is 45.2 Å².